The zero-order valence-corrected chi connectivity index (χ0v) is 17.4. The molecule has 0 aliphatic heterocycles. The standard InChI is InChI=1S/C21H28N6S/c1-3-22-21(23-11-6-10-20-26-17(2)16-28-20)24-14-18-8-4-5-9-19(18)15-27-13-7-12-25-27/h4-5,7-9,12-13,16H,3,6,10-11,14-15H2,1-2H3,(H2,22,23,24). The van der Waals surface area contributed by atoms with Crippen molar-refractivity contribution < 1.29 is 0 Å². The zero-order valence-electron chi connectivity index (χ0n) is 16.6. The molecule has 0 saturated carbocycles. The minimum absolute atomic E-state index is 0.637. The van der Waals surface area contributed by atoms with Crippen LogP contribution < -0.4 is 10.6 Å². The van der Waals surface area contributed by atoms with Gasteiger partial charge in [0.1, 0.15) is 0 Å². The number of aromatic nitrogens is 3. The summed E-state index contributed by atoms with van der Waals surface area (Å²) in [6, 6.07) is 10.4. The zero-order chi connectivity index (χ0) is 19.6. The van der Waals surface area contributed by atoms with E-state index in [-0.39, 0.29) is 0 Å². The maximum Gasteiger partial charge on any atom is 0.191 e. The molecule has 2 N–H and O–H groups in total. The molecule has 0 bridgehead atoms. The van der Waals surface area contributed by atoms with Crippen LogP contribution in [0.15, 0.2) is 53.1 Å². The van der Waals surface area contributed by atoms with E-state index >= 15 is 0 Å². The molecule has 0 fully saturated rings. The van der Waals surface area contributed by atoms with Crippen molar-refractivity contribution in [2.75, 3.05) is 13.1 Å². The van der Waals surface area contributed by atoms with Gasteiger partial charge in [-0.25, -0.2) is 9.98 Å². The lowest BCUT2D eigenvalue weighted by atomic mass is 10.1. The van der Waals surface area contributed by atoms with Crippen LogP contribution in [0, 0.1) is 6.92 Å². The molecule has 3 rings (SSSR count). The molecule has 0 spiro atoms. The van der Waals surface area contributed by atoms with Crippen LogP contribution in [0.3, 0.4) is 0 Å². The number of hydrogen-bond donors (Lipinski definition) is 2. The fourth-order valence-corrected chi connectivity index (χ4v) is 3.72. The van der Waals surface area contributed by atoms with Gasteiger partial charge in [-0.2, -0.15) is 5.10 Å². The average Bonchev–Trinajstić information content (AvgIpc) is 3.36. The predicted octanol–water partition coefficient (Wildman–Crippen LogP) is 3.38. The SMILES string of the molecule is CCNC(=NCc1ccccc1Cn1cccn1)NCCCc1nc(C)cs1. The summed E-state index contributed by atoms with van der Waals surface area (Å²) in [5.41, 5.74) is 3.56. The van der Waals surface area contributed by atoms with Crippen molar-refractivity contribution in [3.8, 4) is 0 Å². The van der Waals surface area contributed by atoms with Gasteiger partial charge < -0.3 is 10.6 Å². The minimum Gasteiger partial charge on any atom is -0.357 e. The van der Waals surface area contributed by atoms with E-state index in [1.54, 1.807) is 17.5 Å². The number of thiazole rings is 1. The Balaban J connectivity index is 1.55. The average molecular weight is 397 g/mol. The molecule has 0 unspecified atom stereocenters. The number of aliphatic imine (C=N–C) groups is 1. The molecule has 28 heavy (non-hydrogen) atoms. The van der Waals surface area contributed by atoms with Gasteiger partial charge in [-0.1, -0.05) is 24.3 Å². The number of hydrogen-bond acceptors (Lipinski definition) is 4. The normalized spacial score (nSPS) is 11.6. The van der Waals surface area contributed by atoms with Crippen molar-refractivity contribution >= 4 is 17.3 Å². The highest BCUT2D eigenvalue weighted by Crippen LogP contribution is 2.12. The summed E-state index contributed by atoms with van der Waals surface area (Å²) < 4.78 is 1.94. The van der Waals surface area contributed by atoms with Crippen LogP contribution in [0.2, 0.25) is 0 Å². The Morgan fingerprint density at radius 3 is 2.75 bits per heavy atom. The molecule has 3 aromatic rings. The third kappa shape index (κ3) is 6.20. The Kier molecular flexibility index (Phi) is 7.61. The van der Waals surface area contributed by atoms with Gasteiger partial charge in [-0.3, -0.25) is 4.68 Å². The van der Waals surface area contributed by atoms with Crippen molar-refractivity contribution in [2.24, 2.45) is 4.99 Å². The van der Waals surface area contributed by atoms with Crippen LogP contribution >= 0.6 is 11.3 Å². The molecule has 1 aromatic carbocycles. The van der Waals surface area contributed by atoms with Crippen molar-refractivity contribution in [1.29, 1.82) is 0 Å². The first-order valence-electron chi connectivity index (χ1n) is 9.72. The van der Waals surface area contributed by atoms with E-state index < -0.39 is 0 Å². The quantitative estimate of drug-likeness (QED) is 0.331. The highest BCUT2D eigenvalue weighted by Gasteiger charge is 2.04. The Bertz CT molecular complexity index is 869. The molecule has 0 aliphatic carbocycles. The Morgan fingerprint density at radius 1 is 1.18 bits per heavy atom. The van der Waals surface area contributed by atoms with Gasteiger partial charge in [-0.15, -0.1) is 11.3 Å². The molecule has 2 heterocycles. The number of guanidine groups is 1. The number of rotatable bonds is 9. The van der Waals surface area contributed by atoms with Crippen LogP contribution in [0.4, 0.5) is 0 Å². The maximum atomic E-state index is 4.77. The molecule has 7 heteroatoms. The Hall–Kier alpha value is -2.67. The van der Waals surface area contributed by atoms with Crippen LogP contribution in [0.1, 0.15) is 35.2 Å². The Morgan fingerprint density at radius 2 is 2.04 bits per heavy atom. The van der Waals surface area contributed by atoms with Gasteiger partial charge in [0, 0.05) is 43.0 Å². The molecular formula is C21H28N6S. The lowest BCUT2D eigenvalue weighted by Gasteiger charge is -2.12. The molecule has 0 saturated heterocycles. The first-order valence-corrected chi connectivity index (χ1v) is 10.6. The summed E-state index contributed by atoms with van der Waals surface area (Å²) in [5, 5.41) is 14.4. The van der Waals surface area contributed by atoms with Crippen LogP contribution in [-0.2, 0) is 19.5 Å². The van der Waals surface area contributed by atoms with E-state index in [0.717, 1.165) is 44.1 Å². The number of nitrogens with zero attached hydrogens (tertiary/aromatic N) is 4. The Labute approximate surface area is 170 Å². The summed E-state index contributed by atoms with van der Waals surface area (Å²) in [4.78, 5) is 9.29. The molecule has 148 valence electrons. The van der Waals surface area contributed by atoms with Crippen molar-refractivity contribution in [3.63, 3.8) is 0 Å². The fourth-order valence-electron chi connectivity index (χ4n) is 2.90. The molecule has 0 atom stereocenters. The van der Waals surface area contributed by atoms with Gasteiger partial charge in [0.25, 0.3) is 0 Å². The fraction of sp³-hybridized carbons (Fsp3) is 0.381. The van der Waals surface area contributed by atoms with Crippen LogP contribution in [0.5, 0.6) is 0 Å². The van der Waals surface area contributed by atoms with E-state index in [0.29, 0.717) is 6.54 Å². The second-order valence-electron chi connectivity index (χ2n) is 6.58. The molecule has 2 aromatic heterocycles. The third-order valence-electron chi connectivity index (χ3n) is 4.29. The van der Waals surface area contributed by atoms with Gasteiger partial charge in [-0.05, 0) is 37.5 Å². The van der Waals surface area contributed by atoms with E-state index in [9.17, 15) is 0 Å². The van der Waals surface area contributed by atoms with E-state index in [1.807, 2.05) is 23.9 Å². The second kappa shape index (κ2) is 10.6. The molecule has 0 aliphatic rings. The maximum absolute atomic E-state index is 4.77. The third-order valence-corrected chi connectivity index (χ3v) is 5.31. The molecule has 0 amide bonds. The molecule has 0 radical (unpaired) electrons. The van der Waals surface area contributed by atoms with Gasteiger partial charge in [0.2, 0.25) is 0 Å². The smallest absolute Gasteiger partial charge is 0.191 e. The topological polar surface area (TPSA) is 67.1 Å². The van der Waals surface area contributed by atoms with Gasteiger partial charge in [0.05, 0.1) is 18.1 Å². The highest BCUT2D eigenvalue weighted by molar-refractivity contribution is 7.09. The number of aryl methyl sites for hydroxylation is 2. The minimum atomic E-state index is 0.637. The first-order chi connectivity index (χ1) is 13.7. The van der Waals surface area contributed by atoms with E-state index in [2.05, 4.69) is 57.3 Å². The van der Waals surface area contributed by atoms with Crippen molar-refractivity contribution in [3.05, 3.63) is 69.9 Å². The summed E-state index contributed by atoms with van der Waals surface area (Å²) in [7, 11) is 0. The van der Waals surface area contributed by atoms with Crippen LogP contribution in [0.25, 0.3) is 0 Å². The summed E-state index contributed by atoms with van der Waals surface area (Å²) >= 11 is 1.74. The van der Waals surface area contributed by atoms with Crippen molar-refractivity contribution in [1.82, 2.24) is 25.4 Å². The summed E-state index contributed by atoms with van der Waals surface area (Å²) in [5.74, 6) is 0.853. The number of nitrogens with one attached hydrogen (secondary N) is 2. The lowest BCUT2D eigenvalue weighted by molar-refractivity contribution is 0.680. The van der Waals surface area contributed by atoms with Gasteiger partial charge in [0.15, 0.2) is 5.96 Å². The summed E-state index contributed by atoms with van der Waals surface area (Å²) in [6.45, 7) is 7.24. The van der Waals surface area contributed by atoms with E-state index in [1.165, 1.54) is 16.1 Å². The molecule has 6 nitrogen and oxygen atoms in total. The first kappa shape index (κ1) is 20.1. The van der Waals surface area contributed by atoms with E-state index in [4.69, 9.17) is 4.99 Å². The number of benzene rings is 1. The monoisotopic (exact) mass is 396 g/mol. The highest BCUT2D eigenvalue weighted by atomic mass is 32.1. The largest absolute Gasteiger partial charge is 0.357 e. The summed E-state index contributed by atoms with van der Waals surface area (Å²) in [6.07, 6.45) is 5.82. The van der Waals surface area contributed by atoms with Crippen LogP contribution in [-0.4, -0.2) is 33.8 Å². The predicted molar refractivity (Wildman–Crippen MR) is 116 cm³/mol. The molecular weight excluding hydrogens is 368 g/mol. The van der Waals surface area contributed by atoms with Crippen molar-refractivity contribution in [2.45, 2.75) is 39.8 Å². The second-order valence-corrected chi connectivity index (χ2v) is 7.52. The lowest BCUT2D eigenvalue weighted by Crippen LogP contribution is -2.37. The van der Waals surface area contributed by atoms with Gasteiger partial charge >= 0.3 is 0 Å².